The van der Waals surface area contributed by atoms with Gasteiger partial charge in [0, 0.05) is 5.92 Å². The molecule has 1 unspecified atom stereocenters. The summed E-state index contributed by atoms with van der Waals surface area (Å²) >= 11 is 0. The Morgan fingerprint density at radius 1 is 2.00 bits per heavy atom. The molecule has 6 heavy (non-hydrogen) atoms. The Bertz CT molecular complexity index is 60.8. The Hall–Kier alpha value is -0.480. The van der Waals surface area contributed by atoms with E-state index in [1.807, 2.05) is 0 Å². The average Bonchev–Trinajstić information content (AvgIpc) is 1.65. The minimum absolute atomic E-state index is 0.0926. The van der Waals surface area contributed by atoms with Crippen LogP contribution in [0.1, 0.15) is 6.92 Å². The van der Waals surface area contributed by atoms with Crippen LogP contribution < -0.4 is 0 Å². The van der Waals surface area contributed by atoms with Crippen molar-refractivity contribution in [2.45, 2.75) is 6.92 Å². The summed E-state index contributed by atoms with van der Waals surface area (Å²) in [6.07, 6.45) is 4.83. The monoisotopic (exact) mass is 83.0 g/mol. The van der Waals surface area contributed by atoms with E-state index in [4.69, 9.17) is 6.42 Å². The molecule has 0 aliphatic rings. The van der Waals surface area contributed by atoms with Crippen LogP contribution in [0.3, 0.4) is 0 Å². The van der Waals surface area contributed by atoms with Crippen molar-refractivity contribution in [1.29, 1.82) is 0 Å². The summed E-state index contributed by atoms with van der Waals surface area (Å²) in [6, 6.07) is 0. The molecule has 0 saturated heterocycles. The van der Waals surface area contributed by atoms with Crippen LogP contribution in [0, 0.1) is 18.3 Å². The predicted octanol–water partition coefficient (Wildman–Crippen LogP) is 0.686. The van der Waals surface area contributed by atoms with E-state index < -0.39 is 0 Å². The molecule has 0 aliphatic heterocycles. The van der Waals surface area contributed by atoms with Gasteiger partial charge in [0.2, 0.25) is 0 Å². The van der Waals surface area contributed by atoms with E-state index in [1.165, 1.54) is 0 Å². The first-order valence-corrected chi connectivity index (χ1v) is 1.85. The lowest BCUT2D eigenvalue weighted by Crippen LogP contribution is -1.92. The lowest BCUT2D eigenvalue weighted by molar-refractivity contribution is 0.171. The van der Waals surface area contributed by atoms with Gasteiger partial charge in [-0.05, 0) is 6.92 Å². The zero-order chi connectivity index (χ0) is 4.99. The van der Waals surface area contributed by atoms with Gasteiger partial charge < -0.3 is 0 Å². The third kappa shape index (κ3) is 1.80. The number of hydrogen-bond acceptors (Lipinski definition) is 0. The first kappa shape index (κ1) is 5.52. The van der Waals surface area contributed by atoms with Crippen molar-refractivity contribution in [2.24, 2.45) is 5.92 Å². The van der Waals surface area contributed by atoms with Crippen molar-refractivity contribution < 1.29 is 5.11 Å². The van der Waals surface area contributed by atoms with Crippen molar-refractivity contribution in [3.8, 4) is 12.3 Å². The summed E-state index contributed by atoms with van der Waals surface area (Å²) in [7, 11) is 0. The third-order valence-corrected chi connectivity index (χ3v) is 0.535. The van der Waals surface area contributed by atoms with Gasteiger partial charge >= 0.3 is 0 Å². The molecule has 0 aliphatic carbocycles. The van der Waals surface area contributed by atoms with Gasteiger partial charge in [-0.2, -0.15) is 0 Å². The molecule has 1 heteroatoms. The van der Waals surface area contributed by atoms with Crippen molar-refractivity contribution >= 4 is 0 Å². The molecule has 0 heterocycles. The average molecular weight is 83.1 g/mol. The third-order valence-electron chi connectivity index (χ3n) is 0.535. The van der Waals surface area contributed by atoms with Crippen LogP contribution in [0.25, 0.3) is 0 Å². The molecule has 1 atom stereocenters. The maximum absolute atomic E-state index is 9.72. The van der Waals surface area contributed by atoms with Crippen molar-refractivity contribution in [3.63, 3.8) is 0 Å². The molecule has 1 radical (unpaired) electrons. The van der Waals surface area contributed by atoms with Crippen LogP contribution in [0.5, 0.6) is 0 Å². The molecular weight excluding hydrogens is 76.1 g/mol. The Balaban J connectivity index is 3.04. The van der Waals surface area contributed by atoms with Gasteiger partial charge in [-0.15, -0.1) is 12.3 Å². The predicted molar refractivity (Wildman–Crippen MR) is 23.6 cm³/mol. The van der Waals surface area contributed by atoms with Gasteiger partial charge in [0.15, 0.2) is 0 Å². The van der Waals surface area contributed by atoms with E-state index >= 15 is 0 Å². The highest BCUT2D eigenvalue weighted by atomic mass is 16.3. The number of terminal acetylenes is 1. The van der Waals surface area contributed by atoms with E-state index in [1.54, 1.807) is 6.92 Å². The Kier molecular flexibility index (Phi) is 2.52. The largest absolute Gasteiger partial charge is 0.235 e. The van der Waals surface area contributed by atoms with E-state index in [-0.39, 0.29) is 12.5 Å². The molecule has 0 bridgehead atoms. The van der Waals surface area contributed by atoms with E-state index in [0.717, 1.165) is 0 Å². The first-order chi connectivity index (χ1) is 2.81. The highest BCUT2D eigenvalue weighted by Gasteiger charge is 1.88. The minimum atomic E-state index is -0.156. The van der Waals surface area contributed by atoms with Crippen LogP contribution in [-0.2, 0) is 5.11 Å². The Labute approximate surface area is 38.0 Å². The summed E-state index contributed by atoms with van der Waals surface area (Å²) < 4.78 is 0. The van der Waals surface area contributed by atoms with Crippen molar-refractivity contribution in [3.05, 3.63) is 0 Å². The van der Waals surface area contributed by atoms with Crippen LogP contribution in [0.2, 0.25) is 0 Å². The Morgan fingerprint density at radius 3 is 2.50 bits per heavy atom. The van der Waals surface area contributed by atoms with Gasteiger partial charge in [-0.25, -0.2) is 5.11 Å². The maximum atomic E-state index is 9.72. The molecular formula is C5H7O. The molecule has 33 valence electrons. The summed E-state index contributed by atoms with van der Waals surface area (Å²) in [5.41, 5.74) is 0. The van der Waals surface area contributed by atoms with Crippen LogP contribution in [0.4, 0.5) is 0 Å². The summed E-state index contributed by atoms with van der Waals surface area (Å²) in [5, 5.41) is 9.72. The molecule has 0 aromatic carbocycles. The topological polar surface area (TPSA) is 19.9 Å². The standard InChI is InChI=1S/C5H7O/c1-3-5(2)4-6/h1,5H,4H2,2H3. The van der Waals surface area contributed by atoms with Crippen molar-refractivity contribution in [2.75, 3.05) is 6.61 Å². The Morgan fingerprint density at radius 2 is 2.50 bits per heavy atom. The van der Waals surface area contributed by atoms with Gasteiger partial charge in [-0.3, -0.25) is 0 Å². The van der Waals surface area contributed by atoms with Gasteiger partial charge in [-0.1, -0.05) is 0 Å². The lowest BCUT2D eigenvalue weighted by Gasteiger charge is -1.87. The second-order valence-electron chi connectivity index (χ2n) is 1.23. The molecule has 0 N–H and O–H groups in total. The molecule has 0 saturated carbocycles. The van der Waals surface area contributed by atoms with Crippen LogP contribution in [0.15, 0.2) is 0 Å². The van der Waals surface area contributed by atoms with Gasteiger partial charge in [0.1, 0.15) is 0 Å². The molecule has 0 fully saturated rings. The smallest absolute Gasteiger partial charge is 0.0956 e. The zero-order valence-electron chi connectivity index (χ0n) is 3.77. The maximum Gasteiger partial charge on any atom is 0.0956 e. The van der Waals surface area contributed by atoms with E-state index in [9.17, 15) is 5.11 Å². The summed E-state index contributed by atoms with van der Waals surface area (Å²) in [5.74, 6) is 2.21. The van der Waals surface area contributed by atoms with E-state index in [2.05, 4.69) is 5.92 Å². The fourth-order valence-electron chi connectivity index (χ4n) is 0.0481. The number of hydrogen-bond donors (Lipinski definition) is 0. The highest BCUT2D eigenvalue weighted by molar-refractivity contribution is 4.89. The molecule has 0 rings (SSSR count). The summed E-state index contributed by atoms with van der Waals surface area (Å²) in [6.45, 7) is 1.57. The van der Waals surface area contributed by atoms with E-state index in [0.29, 0.717) is 0 Å². The molecule has 0 spiro atoms. The molecule has 0 aromatic heterocycles. The first-order valence-electron chi connectivity index (χ1n) is 1.85. The summed E-state index contributed by atoms with van der Waals surface area (Å²) in [4.78, 5) is 0. The molecule has 0 aromatic rings. The zero-order valence-corrected chi connectivity index (χ0v) is 3.77. The second-order valence-corrected chi connectivity index (χ2v) is 1.23. The quantitative estimate of drug-likeness (QED) is 0.415. The normalized spacial score (nSPS) is 12.8. The second kappa shape index (κ2) is 2.74. The molecule has 1 nitrogen and oxygen atoms in total. The highest BCUT2D eigenvalue weighted by Crippen LogP contribution is 1.84. The van der Waals surface area contributed by atoms with Crippen molar-refractivity contribution in [1.82, 2.24) is 0 Å². The van der Waals surface area contributed by atoms with Crippen LogP contribution in [-0.4, -0.2) is 6.61 Å². The lowest BCUT2D eigenvalue weighted by atomic mass is 10.2. The fourth-order valence-corrected chi connectivity index (χ4v) is 0.0481. The SMILES string of the molecule is C#CC(C)C[O]. The number of rotatable bonds is 1. The van der Waals surface area contributed by atoms with Gasteiger partial charge in [0.25, 0.3) is 0 Å². The molecule has 0 amide bonds. The fraction of sp³-hybridized carbons (Fsp3) is 0.600. The van der Waals surface area contributed by atoms with Gasteiger partial charge in [0.05, 0.1) is 6.61 Å². The minimum Gasteiger partial charge on any atom is -0.235 e. The van der Waals surface area contributed by atoms with Crippen LogP contribution >= 0.6 is 0 Å².